The van der Waals surface area contributed by atoms with E-state index in [0.29, 0.717) is 0 Å². The van der Waals surface area contributed by atoms with Crippen molar-refractivity contribution in [3.05, 3.63) is 0 Å². The van der Waals surface area contributed by atoms with Gasteiger partial charge in [0.05, 0.1) is 5.25 Å². The molecule has 1 unspecified atom stereocenters. The third-order valence-corrected chi connectivity index (χ3v) is 1.21. The standard InChI is InChI=1S/C3H8O2S.2ClH.Zn/c1-3(2)6(4)5;;;/h3H,1-2H3,(H,4,5);2*1H;/q;;;+2/p-2. The Morgan fingerprint density at radius 1 is 1.56 bits per heavy atom. The van der Waals surface area contributed by atoms with E-state index >= 15 is 0 Å². The van der Waals surface area contributed by atoms with Crippen LogP contribution in [0.5, 0.6) is 0 Å². The quantitative estimate of drug-likeness (QED) is 0.566. The molecule has 6 heteroatoms. The van der Waals surface area contributed by atoms with Crippen LogP contribution >= 0.6 is 19.4 Å². The molecule has 0 rings (SSSR count). The normalized spacial score (nSPS) is 11.3. The van der Waals surface area contributed by atoms with Crippen molar-refractivity contribution in [1.82, 2.24) is 0 Å². The van der Waals surface area contributed by atoms with Crippen LogP contribution in [0, 0.1) is 0 Å². The van der Waals surface area contributed by atoms with Gasteiger partial charge in [-0.2, -0.15) is 0 Å². The van der Waals surface area contributed by atoms with Crippen LogP contribution < -0.4 is 0 Å². The first kappa shape index (κ1) is 12.9. The van der Waals surface area contributed by atoms with Crippen LogP contribution in [0.2, 0.25) is 0 Å². The Morgan fingerprint density at radius 2 is 1.67 bits per heavy atom. The number of hydrogen-bond donors (Lipinski definition) is 1. The van der Waals surface area contributed by atoms with E-state index in [2.05, 4.69) is 0 Å². The van der Waals surface area contributed by atoms with Gasteiger partial charge in [0.15, 0.2) is 11.1 Å². The molecule has 54 valence electrons. The summed E-state index contributed by atoms with van der Waals surface area (Å²) < 4.78 is 17.9. The van der Waals surface area contributed by atoms with E-state index in [-0.39, 0.29) is 5.25 Å². The van der Waals surface area contributed by atoms with Crippen molar-refractivity contribution in [1.29, 1.82) is 0 Å². The summed E-state index contributed by atoms with van der Waals surface area (Å²) in [5.41, 5.74) is 0. The minimum absolute atomic E-state index is 0.120. The Bertz CT molecular complexity index is 80.2. The molecule has 0 aromatic carbocycles. The summed E-state index contributed by atoms with van der Waals surface area (Å²) in [7, 11) is 9.90. The second-order valence-electron chi connectivity index (χ2n) is 1.43. The summed E-state index contributed by atoms with van der Waals surface area (Å²) in [6.45, 7) is 3.38. The van der Waals surface area contributed by atoms with Gasteiger partial charge in [-0.3, -0.25) is 0 Å². The molecule has 1 atom stereocenters. The first-order chi connectivity index (χ1) is 4.06. The molecule has 0 aliphatic carbocycles. The summed E-state index contributed by atoms with van der Waals surface area (Å²) in [6, 6.07) is 0. The molecule has 0 saturated carbocycles. The number of hydrogen-bond acceptors (Lipinski definition) is 1. The molecule has 0 aromatic rings. The van der Waals surface area contributed by atoms with Crippen molar-refractivity contribution in [3.63, 3.8) is 0 Å². The van der Waals surface area contributed by atoms with E-state index in [9.17, 15) is 4.21 Å². The number of halogens is 2. The molecule has 0 spiro atoms. The van der Waals surface area contributed by atoms with E-state index in [1.807, 2.05) is 0 Å². The van der Waals surface area contributed by atoms with Gasteiger partial charge in [-0.25, -0.2) is 4.21 Å². The maximum absolute atomic E-state index is 9.81. The van der Waals surface area contributed by atoms with Gasteiger partial charge >= 0.3 is 34.5 Å². The average Bonchev–Trinajstić information content (AvgIpc) is 1.68. The van der Waals surface area contributed by atoms with Crippen LogP contribution in [0.3, 0.4) is 0 Å². The summed E-state index contributed by atoms with van der Waals surface area (Å²) in [5.74, 6) is 0. The molecule has 0 amide bonds. The monoisotopic (exact) mass is 242 g/mol. The maximum atomic E-state index is 9.81. The van der Waals surface area contributed by atoms with Crippen LogP contribution in [0.15, 0.2) is 0 Å². The van der Waals surface area contributed by atoms with Gasteiger partial charge in [0.1, 0.15) is 0 Å². The van der Waals surface area contributed by atoms with Crippen LogP contribution in [0.1, 0.15) is 13.8 Å². The topological polar surface area (TPSA) is 37.3 Å². The zero-order valence-electron chi connectivity index (χ0n) is 5.30. The molecular formula is C3H8Cl2O2SZn. The first-order valence-corrected chi connectivity index (χ1v) is 11.2. The SMILES string of the molecule is CC(C)S(=O)O.[Cl][Zn][Cl]. The first-order valence-electron chi connectivity index (χ1n) is 2.27. The fourth-order valence-electron chi connectivity index (χ4n) is 0. The van der Waals surface area contributed by atoms with Crippen LogP contribution in [0.25, 0.3) is 0 Å². The zero-order chi connectivity index (χ0) is 7.86. The molecule has 0 fully saturated rings. The molecular weight excluding hydrogens is 236 g/mol. The second-order valence-corrected chi connectivity index (χ2v) is 7.54. The molecule has 0 aromatic heterocycles. The molecule has 0 bridgehead atoms. The van der Waals surface area contributed by atoms with Crippen molar-refractivity contribution in [3.8, 4) is 0 Å². The van der Waals surface area contributed by atoms with Crippen molar-refractivity contribution in [2.45, 2.75) is 19.1 Å². The predicted octanol–water partition coefficient (Wildman–Crippen LogP) is 1.99. The van der Waals surface area contributed by atoms with E-state index in [4.69, 9.17) is 23.9 Å². The van der Waals surface area contributed by atoms with Crippen LogP contribution in [0.4, 0.5) is 0 Å². The fraction of sp³-hybridized carbons (Fsp3) is 1.00. The summed E-state index contributed by atoms with van der Waals surface area (Å²) in [6.07, 6.45) is 0. The van der Waals surface area contributed by atoms with Crippen molar-refractivity contribution in [2.75, 3.05) is 0 Å². The molecule has 0 saturated heterocycles. The van der Waals surface area contributed by atoms with Gasteiger partial charge in [-0.05, 0) is 13.8 Å². The average molecular weight is 244 g/mol. The Kier molecular flexibility index (Phi) is 13.4. The Morgan fingerprint density at radius 3 is 1.67 bits per heavy atom. The van der Waals surface area contributed by atoms with Gasteiger partial charge in [0.2, 0.25) is 0 Å². The summed E-state index contributed by atoms with van der Waals surface area (Å²) >= 11 is -2.55. The molecule has 0 aliphatic heterocycles. The van der Waals surface area contributed by atoms with Crippen LogP contribution in [-0.2, 0) is 26.2 Å². The van der Waals surface area contributed by atoms with Crippen molar-refractivity contribution in [2.24, 2.45) is 0 Å². The van der Waals surface area contributed by atoms with E-state index in [0.717, 1.165) is 0 Å². The van der Waals surface area contributed by atoms with E-state index in [1.54, 1.807) is 13.8 Å². The molecule has 1 N–H and O–H groups in total. The van der Waals surface area contributed by atoms with Gasteiger partial charge < -0.3 is 4.55 Å². The second kappa shape index (κ2) is 9.31. The van der Waals surface area contributed by atoms with Gasteiger partial charge in [-0.15, -0.1) is 0 Å². The van der Waals surface area contributed by atoms with Crippen LogP contribution in [-0.4, -0.2) is 14.0 Å². The third-order valence-electron chi connectivity index (χ3n) is 0.403. The van der Waals surface area contributed by atoms with Gasteiger partial charge in [0, 0.05) is 0 Å². The summed E-state index contributed by atoms with van der Waals surface area (Å²) in [4.78, 5) is 0. The zero-order valence-corrected chi connectivity index (χ0v) is 10.6. The fourth-order valence-corrected chi connectivity index (χ4v) is 0. The predicted molar refractivity (Wildman–Crippen MR) is 37.6 cm³/mol. The van der Waals surface area contributed by atoms with Gasteiger partial charge in [-0.1, -0.05) is 0 Å². The molecule has 9 heavy (non-hydrogen) atoms. The Balaban J connectivity index is 0. The molecule has 0 heterocycles. The number of rotatable bonds is 1. The Hall–Kier alpha value is 1.31. The summed E-state index contributed by atoms with van der Waals surface area (Å²) in [5, 5.41) is -0.120. The van der Waals surface area contributed by atoms with Gasteiger partial charge in [0.25, 0.3) is 0 Å². The van der Waals surface area contributed by atoms with E-state index in [1.165, 1.54) is 0 Å². The van der Waals surface area contributed by atoms with Crippen molar-refractivity contribution < 1.29 is 23.9 Å². The Labute approximate surface area is 73.3 Å². The molecule has 0 radical (unpaired) electrons. The van der Waals surface area contributed by atoms with Crippen molar-refractivity contribution >= 4 is 30.5 Å². The minimum atomic E-state index is -1.62. The molecule has 2 nitrogen and oxygen atoms in total. The molecule has 0 aliphatic rings. The van der Waals surface area contributed by atoms with E-state index < -0.39 is 26.2 Å². The third kappa shape index (κ3) is 17.6.